The van der Waals surface area contributed by atoms with Gasteiger partial charge in [-0.1, -0.05) is 6.07 Å². The maximum Gasteiger partial charge on any atom is 0.393 e. The molecule has 15 heteroatoms. The number of likely N-dealkylation sites (tertiary alicyclic amines) is 2. The van der Waals surface area contributed by atoms with E-state index >= 15 is 0 Å². The molecule has 4 aromatic rings. The molecule has 6 heterocycles. The monoisotopic (exact) mass is 742 g/mol. The van der Waals surface area contributed by atoms with Crippen molar-refractivity contribution >= 4 is 54.1 Å². The number of aromatic nitrogens is 3. The van der Waals surface area contributed by atoms with Crippen molar-refractivity contribution in [3.63, 3.8) is 0 Å². The third-order valence-electron chi connectivity index (χ3n) is 11.2. The molecule has 3 saturated heterocycles. The van der Waals surface area contributed by atoms with Crippen molar-refractivity contribution in [3.8, 4) is 6.07 Å². The standard InChI is InChI=1S/C36H45F3N8O2S2/c1-24-25(5-6-31-29(24)17-26(20-40)47(31)16-15-44-11-7-28(8-12-44)51(4,48)49)21-45-13-9-35(22-45)10-14-46(23-35)32-30-18-27(19-36(37,38)39)50-33(30)42-34(41-32)43(2)3/h5-6,17-18,28H,7-16,19,21-23H2,1-4H3. The Bertz CT molecular complexity index is 2100. The molecule has 3 fully saturated rings. The van der Waals surface area contributed by atoms with Gasteiger partial charge in [-0.3, -0.25) is 4.90 Å². The fraction of sp³-hybridized carbons (Fsp3) is 0.583. The lowest BCUT2D eigenvalue weighted by Crippen LogP contribution is -2.40. The van der Waals surface area contributed by atoms with E-state index in [4.69, 9.17) is 4.98 Å². The Morgan fingerprint density at radius 1 is 1.02 bits per heavy atom. The first-order valence-electron chi connectivity index (χ1n) is 17.6. The van der Waals surface area contributed by atoms with Crippen LogP contribution in [0.4, 0.5) is 24.9 Å². The first kappa shape index (κ1) is 35.9. The highest BCUT2D eigenvalue weighted by Gasteiger charge is 2.44. The summed E-state index contributed by atoms with van der Waals surface area (Å²) in [4.78, 5) is 19.1. The number of fused-ring (bicyclic) bond motifs is 2. The van der Waals surface area contributed by atoms with Gasteiger partial charge in [0.1, 0.15) is 32.2 Å². The summed E-state index contributed by atoms with van der Waals surface area (Å²) in [7, 11) is 0.677. The molecule has 51 heavy (non-hydrogen) atoms. The predicted octanol–water partition coefficient (Wildman–Crippen LogP) is 5.61. The first-order valence-corrected chi connectivity index (χ1v) is 20.3. The number of anilines is 2. The van der Waals surface area contributed by atoms with E-state index in [1.54, 1.807) is 11.0 Å². The Labute approximate surface area is 301 Å². The molecule has 0 amide bonds. The van der Waals surface area contributed by atoms with Gasteiger partial charge in [-0.2, -0.15) is 23.4 Å². The van der Waals surface area contributed by atoms with E-state index in [0.717, 1.165) is 93.3 Å². The van der Waals surface area contributed by atoms with Gasteiger partial charge in [-0.25, -0.2) is 13.4 Å². The summed E-state index contributed by atoms with van der Waals surface area (Å²) in [5.41, 5.74) is 4.17. The summed E-state index contributed by atoms with van der Waals surface area (Å²) in [5.74, 6) is 1.22. The number of halogens is 3. The molecule has 3 aliphatic rings. The highest BCUT2D eigenvalue weighted by molar-refractivity contribution is 7.91. The Balaban J connectivity index is 1.04. The van der Waals surface area contributed by atoms with E-state index in [9.17, 15) is 26.9 Å². The van der Waals surface area contributed by atoms with Gasteiger partial charge < -0.3 is 19.3 Å². The SMILES string of the molecule is Cc1c(CN2CCC3(CCN(c4nc(N(C)C)nc5sc(CC(F)(F)F)cc45)C3)C2)ccc2c1cc(C#N)n2CCN1CCC(S(C)(=O)=O)CC1. The van der Waals surface area contributed by atoms with Gasteiger partial charge in [0.2, 0.25) is 5.95 Å². The molecule has 1 aromatic carbocycles. The van der Waals surface area contributed by atoms with E-state index < -0.39 is 22.4 Å². The molecule has 7 rings (SSSR count). The van der Waals surface area contributed by atoms with Crippen molar-refractivity contribution < 1.29 is 21.6 Å². The number of alkyl halides is 3. The summed E-state index contributed by atoms with van der Waals surface area (Å²) in [6.45, 7) is 9.35. The van der Waals surface area contributed by atoms with Gasteiger partial charge in [0.15, 0.2) is 0 Å². The van der Waals surface area contributed by atoms with Crippen molar-refractivity contribution in [3.05, 3.63) is 46.0 Å². The molecule has 0 aliphatic carbocycles. The fourth-order valence-corrected chi connectivity index (χ4v) is 10.5. The number of nitrogens with zero attached hydrogens (tertiary/aromatic N) is 8. The number of thiophene rings is 1. The van der Waals surface area contributed by atoms with Gasteiger partial charge in [0.05, 0.1) is 17.1 Å². The van der Waals surface area contributed by atoms with Crippen LogP contribution in [0.25, 0.3) is 21.1 Å². The number of rotatable bonds is 9. The minimum absolute atomic E-state index is 0.0749. The van der Waals surface area contributed by atoms with Gasteiger partial charge in [-0.05, 0) is 81.6 Å². The van der Waals surface area contributed by atoms with Crippen molar-refractivity contribution in [2.75, 3.05) is 76.0 Å². The quantitative estimate of drug-likeness (QED) is 0.217. The van der Waals surface area contributed by atoms with Gasteiger partial charge >= 0.3 is 6.18 Å². The number of sulfone groups is 1. The smallest absolute Gasteiger partial charge is 0.355 e. The third-order valence-corrected chi connectivity index (χ3v) is 13.9. The number of hydrogen-bond acceptors (Lipinski definition) is 10. The minimum atomic E-state index is -4.28. The second-order valence-corrected chi connectivity index (χ2v) is 18.5. The lowest BCUT2D eigenvalue weighted by molar-refractivity contribution is -0.126. The Hall–Kier alpha value is -3.45. The van der Waals surface area contributed by atoms with E-state index in [2.05, 4.69) is 49.4 Å². The van der Waals surface area contributed by atoms with Crippen LogP contribution >= 0.6 is 11.3 Å². The van der Waals surface area contributed by atoms with Crippen LogP contribution in [0.5, 0.6) is 0 Å². The molecule has 0 bridgehead atoms. The molecular weight excluding hydrogens is 698 g/mol. The van der Waals surface area contributed by atoms with Gasteiger partial charge in [0, 0.05) is 80.8 Å². The normalized spacial score (nSPS) is 21.1. The molecule has 0 N–H and O–H groups in total. The van der Waals surface area contributed by atoms with Crippen LogP contribution in [0.15, 0.2) is 24.3 Å². The summed E-state index contributed by atoms with van der Waals surface area (Å²) >= 11 is 1.10. The number of piperidine rings is 1. The zero-order chi connectivity index (χ0) is 36.3. The van der Waals surface area contributed by atoms with E-state index in [-0.39, 0.29) is 15.5 Å². The lowest BCUT2D eigenvalue weighted by atomic mass is 9.86. The molecule has 0 radical (unpaired) electrons. The van der Waals surface area contributed by atoms with Crippen LogP contribution in [0.3, 0.4) is 0 Å². The van der Waals surface area contributed by atoms with E-state index in [1.807, 2.05) is 20.2 Å². The van der Waals surface area contributed by atoms with E-state index in [0.29, 0.717) is 41.2 Å². The predicted molar refractivity (Wildman–Crippen MR) is 196 cm³/mol. The zero-order valence-electron chi connectivity index (χ0n) is 29.6. The average molecular weight is 743 g/mol. The number of hydrogen-bond donors (Lipinski definition) is 0. The molecule has 1 atom stereocenters. The topological polar surface area (TPSA) is 102 Å². The van der Waals surface area contributed by atoms with Crippen molar-refractivity contribution in [1.82, 2.24) is 24.3 Å². The summed E-state index contributed by atoms with van der Waals surface area (Å²) in [5, 5.41) is 11.5. The second-order valence-electron chi connectivity index (χ2n) is 15.0. The van der Waals surface area contributed by atoms with Crippen LogP contribution < -0.4 is 9.80 Å². The molecule has 1 unspecified atom stereocenters. The maximum absolute atomic E-state index is 13.3. The maximum atomic E-state index is 13.3. The van der Waals surface area contributed by atoms with Crippen LogP contribution in [0.1, 0.15) is 47.4 Å². The van der Waals surface area contributed by atoms with Crippen molar-refractivity contribution in [1.29, 1.82) is 5.26 Å². The summed E-state index contributed by atoms with van der Waals surface area (Å²) in [6, 6.07) is 10.3. The Morgan fingerprint density at radius 3 is 2.45 bits per heavy atom. The minimum Gasteiger partial charge on any atom is -0.355 e. The highest BCUT2D eigenvalue weighted by atomic mass is 32.2. The zero-order valence-corrected chi connectivity index (χ0v) is 31.3. The number of benzene rings is 1. The lowest BCUT2D eigenvalue weighted by Gasteiger charge is -2.31. The van der Waals surface area contributed by atoms with Crippen molar-refractivity contribution in [2.24, 2.45) is 5.41 Å². The summed E-state index contributed by atoms with van der Waals surface area (Å²) < 4.78 is 65.8. The van der Waals surface area contributed by atoms with E-state index in [1.165, 1.54) is 17.4 Å². The fourth-order valence-electron chi connectivity index (χ4n) is 8.35. The van der Waals surface area contributed by atoms with Crippen molar-refractivity contribution in [2.45, 2.75) is 63.5 Å². The third kappa shape index (κ3) is 7.42. The Kier molecular flexibility index (Phi) is 9.52. The molecule has 274 valence electrons. The molecule has 0 saturated carbocycles. The largest absolute Gasteiger partial charge is 0.393 e. The second kappa shape index (κ2) is 13.5. The van der Waals surface area contributed by atoms with Crippen LogP contribution in [-0.2, 0) is 29.3 Å². The molecular formula is C36H45F3N8O2S2. The molecule has 3 aliphatic heterocycles. The molecule has 10 nitrogen and oxygen atoms in total. The van der Waals surface area contributed by atoms with Crippen LogP contribution in [0, 0.1) is 23.7 Å². The Morgan fingerprint density at radius 2 is 1.76 bits per heavy atom. The molecule has 1 spiro atoms. The average Bonchev–Trinajstić information content (AvgIpc) is 3.85. The first-order chi connectivity index (χ1) is 24.1. The summed E-state index contributed by atoms with van der Waals surface area (Å²) in [6.07, 6.45) is -0.590. The van der Waals surface area contributed by atoms with Crippen LogP contribution in [0.2, 0.25) is 0 Å². The molecule has 3 aromatic heterocycles. The number of aryl methyl sites for hydroxylation is 1. The van der Waals surface area contributed by atoms with Crippen LogP contribution in [-0.4, -0.2) is 110 Å². The number of nitriles is 1. The highest BCUT2D eigenvalue weighted by Crippen LogP contribution is 2.44. The van der Waals surface area contributed by atoms with Gasteiger partial charge in [0.25, 0.3) is 0 Å². The van der Waals surface area contributed by atoms with Gasteiger partial charge in [-0.15, -0.1) is 11.3 Å².